The molecule has 1 fully saturated rings. The number of unbranched alkanes of at least 4 members (excludes halogenated alkanes) is 43. The molecule has 9 nitrogen and oxygen atoms in total. The van der Waals surface area contributed by atoms with Crippen LogP contribution in [-0.4, -0.2) is 87.5 Å². The fourth-order valence-electron chi connectivity index (χ4n) is 10.2. The first-order chi connectivity index (χ1) is 33.3. The maximum atomic E-state index is 13.1. The Morgan fingerprint density at radius 3 is 1.04 bits per heavy atom. The Kier molecular flexibility index (Phi) is 47.7. The van der Waals surface area contributed by atoms with E-state index in [2.05, 4.69) is 19.2 Å². The van der Waals surface area contributed by atoms with Gasteiger partial charge in [-0.2, -0.15) is 0 Å². The number of hydrogen-bond acceptors (Lipinski definition) is 8. The van der Waals surface area contributed by atoms with Crippen molar-refractivity contribution in [3.05, 3.63) is 0 Å². The summed E-state index contributed by atoms with van der Waals surface area (Å²) in [5, 5.41) is 54.6. The first-order valence-electron chi connectivity index (χ1n) is 30.2. The van der Waals surface area contributed by atoms with Crippen LogP contribution in [0.5, 0.6) is 0 Å². The second-order valence-electron chi connectivity index (χ2n) is 21.5. The Morgan fingerprint density at radius 2 is 0.735 bits per heavy atom. The summed E-state index contributed by atoms with van der Waals surface area (Å²) in [5.74, 6) is -0.136. The Labute approximate surface area is 421 Å². The average molecular weight is 969 g/mol. The third kappa shape index (κ3) is 38.8. The molecular weight excluding hydrogens is 851 g/mol. The van der Waals surface area contributed by atoms with E-state index in [0.717, 1.165) is 38.5 Å². The van der Waals surface area contributed by atoms with Crippen molar-refractivity contribution >= 4 is 5.91 Å². The number of carbonyl (C=O) groups is 1. The van der Waals surface area contributed by atoms with E-state index in [4.69, 9.17) is 9.47 Å². The van der Waals surface area contributed by atoms with Gasteiger partial charge in [0.25, 0.3) is 0 Å². The third-order valence-corrected chi connectivity index (χ3v) is 15.0. The van der Waals surface area contributed by atoms with Crippen LogP contribution in [0.1, 0.15) is 316 Å². The zero-order valence-electron chi connectivity index (χ0n) is 45.2. The van der Waals surface area contributed by atoms with Crippen LogP contribution in [0.4, 0.5) is 0 Å². The van der Waals surface area contributed by atoms with E-state index in [1.54, 1.807) is 0 Å². The van der Waals surface area contributed by atoms with Crippen LogP contribution in [0.15, 0.2) is 0 Å². The molecule has 9 heteroatoms. The van der Waals surface area contributed by atoms with Gasteiger partial charge in [0.15, 0.2) is 6.29 Å². The van der Waals surface area contributed by atoms with Gasteiger partial charge in [-0.3, -0.25) is 4.79 Å². The summed E-state index contributed by atoms with van der Waals surface area (Å²) in [6.07, 6.45) is 52.9. The van der Waals surface area contributed by atoms with E-state index in [9.17, 15) is 30.3 Å². The predicted molar refractivity (Wildman–Crippen MR) is 286 cm³/mol. The Bertz CT molecular complexity index is 1030. The summed E-state index contributed by atoms with van der Waals surface area (Å²) >= 11 is 0. The highest BCUT2D eigenvalue weighted by molar-refractivity contribution is 5.76. The number of nitrogens with one attached hydrogen (secondary N) is 1. The first-order valence-corrected chi connectivity index (χ1v) is 30.2. The van der Waals surface area contributed by atoms with Crippen molar-refractivity contribution in [1.82, 2.24) is 5.32 Å². The minimum absolute atomic E-state index is 0.131. The van der Waals surface area contributed by atoms with Crippen molar-refractivity contribution in [3.8, 4) is 0 Å². The van der Waals surface area contributed by atoms with Crippen molar-refractivity contribution in [2.24, 2.45) is 0 Å². The van der Waals surface area contributed by atoms with Gasteiger partial charge in [-0.05, 0) is 12.8 Å². The first kappa shape index (κ1) is 65.2. The van der Waals surface area contributed by atoms with E-state index >= 15 is 0 Å². The minimum Gasteiger partial charge on any atom is -0.394 e. The highest BCUT2D eigenvalue weighted by atomic mass is 16.7. The van der Waals surface area contributed by atoms with Gasteiger partial charge in [-0.1, -0.05) is 296 Å². The van der Waals surface area contributed by atoms with Crippen molar-refractivity contribution in [1.29, 1.82) is 0 Å². The summed E-state index contributed by atoms with van der Waals surface area (Å²) in [7, 11) is 0. The number of carbonyl (C=O) groups excluding carboxylic acids is 1. The standard InChI is InChI=1S/C59H117NO8/c1-3-5-7-9-11-13-15-17-19-20-21-22-23-24-25-26-27-28-29-30-31-32-33-35-37-39-41-43-45-47-49-55(63)60-52(51-67-59-58(66)57(65)56(64)54(50-61)68-59)53(62)48-46-44-42-40-38-36-34-18-16-14-12-10-8-6-4-2/h52-54,56-59,61-62,64-66H,3-51H2,1-2H3,(H,60,63). The molecule has 0 aromatic heterocycles. The number of hydrogen-bond donors (Lipinski definition) is 6. The molecule has 0 radical (unpaired) electrons. The molecule has 7 unspecified atom stereocenters. The molecule has 0 aromatic rings. The third-order valence-electron chi connectivity index (χ3n) is 15.0. The number of aliphatic hydroxyl groups is 5. The van der Waals surface area contributed by atoms with Crippen LogP contribution in [-0.2, 0) is 14.3 Å². The lowest BCUT2D eigenvalue weighted by molar-refractivity contribution is -0.302. The molecule has 1 amide bonds. The molecule has 0 bridgehead atoms. The lowest BCUT2D eigenvalue weighted by atomic mass is 9.99. The maximum absolute atomic E-state index is 13.1. The monoisotopic (exact) mass is 968 g/mol. The molecule has 0 aliphatic carbocycles. The van der Waals surface area contributed by atoms with Crippen LogP contribution >= 0.6 is 0 Å². The highest BCUT2D eigenvalue weighted by Crippen LogP contribution is 2.24. The molecule has 1 aliphatic rings. The molecular formula is C59H117NO8. The Hall–Kier alpha value is -0.810. The van der Waals surface area contributed by atoms with Crippen molar-refractivity contribution in [2.75, 3.05) is 13.2 Å². The molecule has 6 N–H and O–H groups in total. The molecule has 0 aromatic carbocycles. The van der Waals surface area contributed by atoms with Gasteiger partial charge in [-0.25, -0.2) is 0 Å². The lowest BCUT2D eigenvalue weighted by Crippen LogP contribution is -2.60. The van der Waals surface area contributed by atoms with Crippen LogP contribution in [0.25, 0.3) is 0 Å². The Morgan fingerprint density at radius 1 is 0.441 bits per heavy atom. The SMILES string of the molecule is CCCCCCCCCCCCCCCCCCCCCCCCCCCCCCCCC(=O)NC(COC1OC(CO)C(O)C(O)C1O)C(O)CCCCCCCCCCCCCCCCC. The highest BCUT2D eigenvalue weighted by Gasteiger charge is 2.44. The van der Waals surface area contributed by atoms with E-state index in [1.165, 1.54) is 250 Å². The second kappa shape index (κ2) is 49.8. The summed E-state index contributed by atoms with van der Waals surface area (Å²) in [6.45, 7) is 3.88. The van der Waals surface area contributed by atoms with Crippen LogP contribution in [0, 0.1) is 0 Å². The zero-order chi connectivity index (χ0) is 49.4. The van der Waals surface area contributed by atoms with Gasteiger partial charge in [0, 0.05) is 6.42 Å². The fraction of sp³-hybridized carbons (Fsp3) is 0.983. The summed E-state index contributed by atoms with van der Waals surface area (Å²) in [6, 6.07) is -0.713. The van der Waals surface area contributed by atoms with Crippen LogP contribution in [0.2, 0.25) is 0 Å². The smallest absolute Gasteiger partial charge is 0.220 e. The molecule has 0 saturated carbocycles. The topological polar surface area (TPSA) is 149 Å². The molecule has 1 heterocycles. The number of aliphatic hydroxyl groups excluding tert-OH is 5. The quantitative estimate of drug-likeness (QED) is 0.0330. The Balaban J connectivity index is 2.10. The van der Waals surface area contributed by atoms with Crippen LogP contribution in [0.3, 0.4) is 0 Å². The van der Waals surface area contributed by atoms with E-state index in [0.29, 0.717) is 12.8 Å². The predicted octanol–water partition coefficient (Wildman–Crippen LogP) is 15.0. The van der Waals surface area contributed by atoms with Gasteiger partial charge in [-0.15, -0.1) is 0 Å². The number of rotatable bonds is 53. The summed E-state index contributed by atoms with van der Waals surface area (Å²) < 4.78 is 11.3. The van der Waals surface area contributed by atoms with Gasteiger partial charge in [0.1, 0.15) is 24.4 Å². The van der Waals surface area contributed by atoms with Crippen molar-refractivity contribution < 1.29 is 39.8 Å². The summed E-state index contributed by atoms with van der Waals surface area (Å²) in [4.78, 5) is 13.1. The average Bonchev–Trinajstić information content (AvgIpc) is 3.34. The molecule has 0 spiro atoms. The molecule has 68 heavy (non-hydrogen) atoms. The lowest BCUT2D eigenvalue weighted by Gasteiger charge is -2.40. The van der Waals surface area contributed by atoms with E-state index in [-0.39, 0.29) is 12.5 Å². The maximum Gasteiger partial charge on any atom is 0.220 e. The number of amides is 1. The second-order valence-corrected chi connectivity index (χ2v) is 21.5. The largest absolute Gasteiger partial charge is 0.394 e. The van der Waals surface area contributed by atoms with Gasteiger partial charge in [0.2, 0.25) is 5.91 Å². The molecule has 406 valence electrons. The van der Waals surface area contributed by atoms with Crippen molar-refractivity contribution in [3.63, 3.8) is 0 Å². The minimum atomic E-state index is -1.55. The van der Waals surface area contributed by atoms with Crippen LogP contribution < -0.4 is 5.32 Å². The summed E-state index contributed by atoms with van der Waals surface area (Å²) in [5.41, 5.74) is 0. The van der Waals surface area contributed by atoms with Gasteiger partial charge in [0.05, 0.1) is 25.4 Å². The molecule has 1 rings (SSSR count). The zero-order valence-corrected chi connectivity index (χ0v) is 45.2. The van der Waals surface area contributed by atoms with Crippen molar-refractivity contribution in [2.45, 2.75) is 358 Å². The molecule has 1 aliphatic heterocycles. The fourth-order valence-corrected chi connectivity index (χ4v) is 10.2. The van der Waals surface area contributed by atoms with E-state index in [1.807, 2.05) is 0 Å². The molecule has 7 atom stereocenters. The van der Waals surface area contributed by atoms with Gasteiger partial charge >= 0.3 is 0 Å². The van der Waals surface area contributed by atoms with Gasteiger partial charge < -0.3 is 40.3 Å². The number of ether oxygens (including phenoxy) is 2. The van der Waals surface area contributed by atoms with E-state index < -0.39 is 49.5 Å². The molecule has 1 saturated heterocycles. The normalized spacial score (nSPS) is 19.4.